The second-order valence-corrected chi connectivity index (χ2v) is 5.70. The van der Waals surface area contributed by atoms with Gasteiger partial charge in [-0.3, -0.25) is 9.69 Å². The average Bonchev–Trinajstić information content (AvgIpc) is 2.99. The number of carbonyl (C=O) groups is 1. The molecule has 1 aliphatic heterocycles. The number of likely N-dealkylation sites (N-methyl/N-ethyl adjacent to an activating group) is 1. The molecule has 1 aliphatic rings. The quantitative estimate of drug-likeness (QED) is 0.834. The van der Waals surface area contributed by atoms with Crippen molar-refractivity contribution in [2.24, 2.45) is 0 Å². The zero-order valence-corrected chi connectivity index (χ0v) is 13.1. The summed E-state index contributed by atoms with van der Waals surface area (Å²) in [5.41, 5.74) is 0.993. The number of rotatable bonds is 7. The van der Waals surface area contributed by atoms with Crippen LogP contribution in [-0.2, 0) is 11.3 Å². The molecular weight excluding hydrogens is 264 g/mol. The van der Waals surface area contributed by atoms with Crippen LogP contribution in [0.3, 0.4) is 0 Å². The van der Waals surface area contributed by atoms with Crippen LogP contribution in [0.2, 0.25) is 0 Å². The smallest absolute Gasteiger partial charge is 0.236 e. The maximum Gasteiger partial charge on any atom is 0.236 e. The molecule has 2 heterocycles. The summed E-state index contributed by atoms with van der Waals surface area (Å²) in [6, 6.07) is 6.00. The molecule has 0 unspecified atom stereocenters. The van der Waals surface area contributed by atoms with Crippen LogP contribution in [0.15, 0.2) is 18.2 Å². The molecule has 1 aromatic rings. The number of likely N-dealkylation sites (tertiary alicyclic amines) is 1. The summed E-state index contributed by atoms with van der Waals surface area (Å²) < 4.78 is 0. The SMILES string of the molecule is CCCNc1cccc(CN(C)CC(=O)N2CCCC2)n1. The second-order valence-electron chi connectivity index (χ2n) is 5.70. The second kappa shape index (κ2) is 7.98. The number of nitrogens with zero attached hydrogens (tertiary/aromatic N) is 3. The molecule has 0 spiro atoms. The molecular formula is C16H26N4O. The van der Waals surface area contributed by atoms with Crippen molar-refractivity contribution < 1.29 is 4.79 Å². The highest BCUT2D eigenvalue weighted by atomic mass is 16.2. The molecule has 0 saturated carbocycles. The third-order valence-corrected chi connectivity index (χ3v) is 3.66. The van der Waals surface area contributed by atoms with Crippen molar-refractivity contribution >= 4 is 11.7 Å². The molecule has 116 valence electrons. The fourth-order valence-corrected chi connectivity index (χ4v) is 2.55. The van der Waals surface area contributed by atoms with E-state index in [1.165, 1.54) is 0 Å². The Labute approximate surface area is 127 Å². The van der Waals surface area contributed by atoms with Crippen LogP contribution in [0.5, 0.6) is 0 Å². The highest BCUT2D eigenvalue weighted by Gasteiger charge is 2.19. The Morgan fingerprint density at radius 3 is 2.86 bits per heavy atom. The van der Waals surface area contributed by atoms with E-state index in [4.69, 9.17) is 0 Å². The number of aromatic nitrogens is 1. The zero-order chi connectivity index (χ0) is 15.1. The standard InChI is InChI=1S/C16H26N4O/c1-3-9-17-15-8-6-7-14(18-15)12-19(2)13-16(21)20-10-4-5-11-20/h6-8H,3-5,9-13H2,1-2H3,(H,17,18). The lowest BCUT2D eigenvalue weighted by molar-refractivity contribution is -0.131. The van der Waals surface area contributed by atoms with Gasteiger partial charge in [0.25, 0.3) is 0 Å². The summed E-state index contributed by atoms with van der Waals surface area (Å²) in [4.78, 5) is 20.7. The third-order valence-electron chi connectivity index (χ3n) is 3.66. The molecule has 21 heavy (non-hydrogen) atoms. The maximum atomic E-state index is 12.1. The Hall–Kier alpha value is -1.62. The van der Waals surface area contributed by atoms with Crippen LogP contribution >= 0.6 is 0 Å². The Balaban J connectivity index is 1.83. The molecule has 5 heteroatoms. The van der Waals surface area contributed by atoms with E-state index in [9.17, 15) is 4.79 Å². The topological polar surface area (TPSA) is 48.5 Å². The number of anilines is 1. The van der Waals surface area contributed by atoms with Crippen LogP contribution < -0.4 is 5.32 Å². The average molecular weight is 290 g/mol. The first kappa shape index (κ1) is 15.8. The lowest BCUT2D eigenvalue weighted by Crippen LogP contribution is -2.37. The van der Waals surface area contributed by atoms with Crippen molar-refractivity contribution in [1.29, 1.82) is 0 Å². The van der Waals surface area contributed by atoms with Crippen LogP contribution in [0.4, 0.5) is 5.82 Å². The van der Waals surface area contributed by atoms with Crippen LogP contribution in [0.1, 0.15) is 31.9 Å². The molecule has 0 atom stereocenters. The third kappa shape index (κ3) is 5.01. The fraction of sp³-hybridized carbons (Fsp3) is 0.625. The number of hydrogen-bond acceptors (Lipinski definition) is 4. The van der Waals surface area contributed by atoms with E-state index in [0.29, 0.717) is 13.1 Å². The monoisotopic (exact) mass is 290 g/mol. The van der Waals surface area contributed by atoms with Crippen LogP contribution in [0, 0.1) is 0 Å². The van der Waals surface area contributed by atoms with E-state index in [-0.39, 0.29) is 5.91 Å². The number of pyridine rings is 1. The summed E-state index contributed by atoms with van der Waals surface area (Å²) in [6.45, 7) is 6.06. The van der Waals surface area contributed by atoms with Crippen LogP contribution in [0.25, 0.3) is 0 Å². The summed E-state index contributed by atoms with van der Waals surface area (Å²) in [5, 5.41) is 3.29. The van der Waals surface area contributed by atoms with Crippen molar-refractivity contribution in [3.05, 3.63) is 23.9 Å². The molecule has 5 nitrogen and oxygen atoms in total. The number of nitrogens with one attached hydrogen (secondary N) is 1. The van der Waals surface area contributed by atoms with Gasteiger partial charge in [0.05, 0.1) is 12.2 Å². The van der Waals surface area contributed by atoms with Gasteiger partial charge < -0.3 is 10.2 Å². The van der Waals surface area contributed by atoms with Gasteiger partial charge in [0.2, 0.25) is 5.91 Å². The normalized spacial score (nSPS) is 14.7. The molecule has 1 N–H and O–H groups in total. The Kier molecular flexibility index (Phi) is 5.99. The van der Waals surface area contributed by atoms with E-state index in [1.54, 1.807) is 0 Å². The minimum Gasteiger partial charge on any atom is -0.370 e. The van der Waals surface area contributed by atoms with Crippen LogP contribution in [-0.4, -0.2) is 53.9 Å². The predicted molar refractivity (Wildman–Crippen MR) is 85.2 cm³/mol. The molecule has 0 radical (unpaired) electrons. The van der Waals surface area contributed by atoms with E-state index in [0.717, 1.165) is 50.4 Å². The van der Waals surface area contributed by atoms with E-state index >= 15 is 0 Å². The summed E-state index contributed by atoms with van der Waals surface area (Å²) >= 11 is 0. The van der Waals surface area contributed by atoms with Gasteiger partial charge in [-0.25, -0.2) is 4.98 Å². The molecule has 1 amide bonds. The first-order chi connectivity index (χ1) is 10.2. The molecule has 0 aliphatic carbocycles. The molecule has 2 rings (SSSR count). The largest absolute Gasteiger partial charge is 0.370 e. The van der Waals surface area contributed by atoms with Gasteiger partial charge in [0, 0.05) is 26.2 Å². The zero-order valence-electron chi connectivity index (χ0n) is 13.1. The minimum absolute atomic E-state index is 0.232. The highest BCUT2D eigenvalue weighted by molar-refractivity contribution is 5.78. The van der Waals surface area contributed by atoms with Gasteiger partial charge in [0.1, 0.15) is 5.82 Å². The first-order valence-corrected chi connectivity index (χ1v) is 7.85. The number of carbonyl (C=O) groups excluding carboxylic acids is 1. The lowest BCUT2D eigenvalue weighted by Gasteiger charge is -2.21. The van der Waals surface area contributed by atoms with E-state index in [2.05, 4.69) is 17.2 Å². The van der Waals surface area contributed by atoms with Crippen molar-refractivity contribution in [3.63, 3.8) is 0 Å². The lowest BCUT2D eigenvalue weighted by atomic mass is 10.3. The molecule has 0 aromatic carbocycles. The number of amides is 1. The minimum atomic E-state index is 0.232. The van der Waals surface area contributed by atoms with Crippen molar-refractivity contribution in [3.8, 4) is 0 Å². The molecule has 0 bridgehead atoms. The Bertz CT molecular complexity index is 457. The molecule has 1 fully saturated rings. The molecule has 1 saturated heterocycles. The maximum absolute atomic E-state index is 12.1. The van der Waals surface area contributed by atoms with Crippen molar-refractivity contribution in [2.75, 3.05) is 38.5 Å². The summed E-state index contributed by atoms with van der Waals surface area (Å²) in [7, 11) is 1.97. The Morgan fingerprint density at radius 2 is 2.14 bits per heavy atom. The highest BCUT2D eigenvalue weighted by Crippen LogP contribution is 2.10. The molecule has 1 aromatic heterocycles. The van der Waals surface area contributed by atoms with Gasteiger partial charge in [-0.1, -0.05) is 13.0 Å². The predicted octanol–water partition coefficient (Wildman–Crippen LogP) is 1.96. The summed E-state index contributed by atoms with van der Waals surface area (Å²) in [6.07, 6.45) is 3.36. The number of hydrogen-bond donors (Lipinski definition) is 1. The van der Waals surface area contributed by atoms with Crippen molar-refractivity contribution in [1.82, 2.24) is 14.8 Å². The van der Waals surface area contributed by atoms with E-state index < -0.39 is 0 Å². The first-order valence-electron chi connectivity index (χ1n) is 7.85. The Morgan fingerprint density at radius 1 is 1.38 bits per heavy atom. The van der Waals surface area contributed by atoms with Gasteiger partial charge in [-0.2, -0.15) is 0 Å². The van der Waals surface area contributed by atoms with E-state index in [1.807, 2.05) is 35.0 Å². The van der Waals surface area contributed by atoms with Gasteiger partial charge >= 0.3 is 0 Å². The van der Waals surface area contributed by atoms with Gasteiger partial charge in [-0.05, 0) is 38.4 Å². The van der Waals surface area contributed by atoms with Crippen molar-refractivity contribution in [2.45, 2.75) is 32.7 Å². The summed E-state index contributed by atoms with van der Waals surface area (Å²) in [5.74, 6) is 1.14. The van der Waals surface area contributed by atoms with Gasteiger partial charge in [0.15, 0.2) is 0 Å². The fourth-order valence-electron chi connectivity index (χ4n) is 2.55. The van der Waals surface area contributed by atoms with Gasteiger partial charge in [-0.15, -0.1) is 0 Å².